The van der Waals surface area contributed by atoms with Crippen LogP contribution in [0.3, 0.4) is 0 Å². The predicted octanol–water partition coefficient (Wildman–Crippen LogP) is 11.8. The molecule has 0 unspecified atom stereocenters. The average molecular weight is 551 g/mol. The van der Waals surface area contributed by atoms with Crippen LogP contribution in [0.25, 0.3) is 0 Å². The zero-order valence-corrected chi connectivity index (χ0v) is 26.7. The lowest BCUT2D eigenvalue weighted by Crippen LogP contribution is -2.05. The number of unbranched alkanes of at least 4 members (excludes halogenated alkanes) is 23. The molecule has 3 nitrogen and oxygen atoms in total. The first-order valence-corrected chi connectivity index (χ1v) is 17.7. The zero-order valence-electron chi connectivity index (χ0n) is 26.7. The van der Waals surface area contributed by atoms with Crippen molar-refractivity contribution in [3.63, 3.8) is 0 Å². The Morgan fingerprint density at radius 1 is 0.564 bits per heavy atom. The molecule has 39 heavy (non-hydrogen) atoms. The molecule has 1 N–H and O–H groups in total. The fraction of sp³-hybridized carbons (Fsp3) is 0.917. The largest absolute Gasteiger partial charge is 0.466 e. The predicted molar refractivity (Wildman–Crippen MR) is 171 cm³/mol. The fourth-order valence-corrected chi connectivity index (χ4v) is 5.27. The third-order valence-electron chi connectivity index (χ3n) is 7.98. The normalized spacial score (nSPS) is 12.4. The SMILES string of the molecule is CCCCCCCCCCCCCCCCCCOC(=O)CCCCCCCC=CC[C@H](O)CCCCCC. The Balaban J connectivity index is 3.25. The van der Waals surface area contributed by atoms with Crippen molar-refractivity contribution in [2.45, 2.75) is 206 Å². The van der Waals surface area contributed by atoms with Gasteiger partial charge in [-0.15, -0.1) is 0 Å². The molecule has 0 aromatic heterocycles. The topological polar surface area (TPSA) is 46.5 Å². The Bertz CT molecular complexity index is 502. The van der Waals surface area contributed by atoms with Gasteiger partial charge in [0.05, 0.1) is 12.7 Å². The van der Waals surface area contributed by atoms with Crippen molar-refractivity contribution in [3.05, 3.63) is 12.2 Å². The summed E-state index contributed by atoms with van der Waals surface area (Å²) in [7, 11) is 0. The molecular formula is C36H70O3. The number of esters is 1. The van der Waals surface area contributed by atoms with E-state index in [2.05, 4.69) is 26.0 Å². The highest BCUT2D eigenvalue weighted by Crippen LogP contribution is 2.14. The highest BCUT2D eigenvalue weighted by molar-refractivity contribution is 5.69. The van der Waals surface area contributed by atoms with Crippen molar-refractivity contribution >= 4 is 5.97 Å². The first-order chi connectivity index (χ1) is 19.2. The zero-order chi connectivity index (χ0) is 28.5. The molecule has 0 amide bonds. The van der Waals surface area contributed by atoms with Gasteiger partial charge >= 0.3 is 5.97 Å². The van der Waals surface area contributed by atoms with Crippen molar-refractivity contribution in [1.82, 2.24) is 0 Å². The van der Waals surface area contributed by atoms with Crippen LogP contribution in [0, 0.1) is 0 Å². The Hall–Kier alpha value is -0.830. The van der Waals surface area contributed by atoms with E-state index in [1.165, 1.54) is 135 Å². The van der Waals surface area contributed by atoms with Crippen LogP contribution in [-0.4, -0.2) is 23.8 Å². The Kier molecular flexibility index (Phi) is 32.7. The van der Waals surface area contributed by atoms with Gasteiger partial charge in [-0.2, -0.15) is 0 Å². The lowest BCUT2D eigenvalue weighted by Gasteiger charge is -2.07. The van der Waals surface area contributed by atoms with Gasteiger partial charge in [0.25, 0.3) is 0 Å². The van der Waals surface area contributed by atoms with Gasteiger partial charge in [0.1, 0.15) is 0 Å². The smallest absolute Gasteiger partial charge is 0.305 e. The van der Waals surface area contributed by atoms with E-state index in [0.29, 0.717) is 13.0 Å². The summed E-state index contributed by atoms with van der Waals surface area (Å²) in [6.07, 6.45) is 40.1. The minimum atomic E-state index is -0.165. The van der Waals surface area contributed by atoms with Crippen molar-refractivity contribution in [1.29, 1.82) is 0 Å². The maximum absolute atomic E-state index is 11.9. The van der Waals surface area contributed by atoms with Crippen molar-refractivity contribution in [2.24, 2.45) is 0 Å². The lowest BCUT2D eigenvalue weighted by atomic mass is 10.0. The van der Waals surface area contributed by atoms with Gasteiger partial charge in [-0.05, 0) is 38.5 Å². The second kappa shape index (κ2) is 33.4. The number of ether oxygens (including phenoxy) is 1. The quantitative estimate of drug-likeness (QED) is 0.0514. The standard InChI is InChI=1S/C36H70O3/c1-3-5-7-9-10-11-12-13-14-15-16-17-20-23-26-30-34-39-36(38)33-29-25-22-19-18-21-24-28-32-35(37)31-27-8-6-4-2/h24,28,35,37H,3-23,25-27,29-34H2,1-2H3/t35-/m1/s1. The molecule has 0 fully saturated rings. The summed E-state index contributed by atoms with van der Waals surface area (Å²) in [4.78, 5) is 11.9. The molecule has 0 aliphatic rings. The van der Waals surface area contributed by atoms with Gasteiger partial charge in [0.2, 0.25) is 0 Å². The van der Waals surface area contributed by atoms with Gasteiger partial charge in [-0.25, -0.2) is 0 Å². The molecule has 0 bridgehead atoms. The average Bonchev–Trinajstić information content (AvgIpc) is 2.93. The van der Waals surface area contributed by atoms with Crippen LogP contribution in [0.2, 0.25) is 0 Å². The van der Waals surface area contributed by atoms with Crippen LogP contribution in [-0.2, 0) is 9.53 Å². The van der Waals surface area contributed by atoms with Gasteiger partial charge < -0.3 is 9.84 Å². The molecule has 0 aromatic rings. The van der Waals surface area contributed by atoms with Crippen LogP contribution >= 0.6 is 0 Å². The number of hydrogen-bond donors (Lipinski definition) is 1. The summed E-state index contributed by atoms with van der Waals surface area (Å²) in [6.45, 7) is 5.11. The van der Waals surface area contributed by atoms with Crippen molar-refractivity contribution in [2.75, 3.05) is 6.61 Å². The summed E-state index contributed by atoms with van der Waals surface area (Å²) in [6, 6.07) is 0. The van der Waals surface area contributed by atoms with Crippen molar-refractivity contribution in [3.8, 4) is 0 Å². The number of carbonyl (C=O) groups is 1. The highest BCUT2D eigenvalue weighted by atomic mass is 16.5. The summed E-state index contributed by atoms with van der Waals surface area (Å²) < 4.78 is 5.42. The van der Waals surface area contributed by atoms with Gasteiger partial charge in [0.15, 0.2) is 0 Å². The number of carbonyl (C=O) groups excluding carboxylic acids is 1. The van der Waals surface area contributed by atoms with Crippen LogP contribution in [0.5, 0.6) is 0 Å². The first-order valence-electron chi connectivity index (χ1n) is 17.7. The van der Waals surface area contributed by atoms with E-state index < -0.39 is 0 Å². The molecule has 0 spiro atoms. The van der Waals surface area contributed by atoms with E-state index in [0.717, 1.165) is 44.9 Å². The van der Waals surface area contributed by atoms with E-state index in [4.69, 9.17) is 4.74 Å². The van der Waals surface area contributed by atoms with Gasteiger partial charge in [-0.3, -0.25) is 4.79 Å². The third-order valence-corrected chi connectivity index (χ3v) is 7.98. The molecule has 0 saturated carbocycles. The molecule has 0 aliphatic heterocycles. The minimum absolute atomic E-state index is 0.00727. The Morgan fingerprint density at radius 2 is 1.00 bits per heavy atom. The molecule has 0 saturated heterocycles. The molecular weight excluding hydrogens is 480 g/mol. The van der Waals surface area contributed by atoms with E-state index in [9.17, 15) is 9.90 Å². The summed E-state index contributed by atoms with van der Waals surface area (Å²) in [5, 5.41) is 9.98. The van der Waals surface area contributed by atoms with Crippen LogP contribution in [0.4, 0.5) is 0 Å². The van der Waals surface area contributed by atoms with Gasteiger partial charge in [-0.1, -0.05) is 167 Å². The van der Waals surface area contributed by atoms with Crippen molar-refractivity contribution < 1.29 is 14.6 Å². The molecule has 0 radical (unpaired) electrons. The number of rotatable bonds is 32. The third kappa shape index (κ3) is 33.3. The Morgan fingerprint density at radius 3 is 1.54 bits per heavy atom. The lowest BCUT2D eigenvalue weighted by molar-refractivity contribution is -0.143. The van der Waals surface area contributed by atoms with E-state index in [1.54, 1.807) is 0 Å². The number of allylic oxidation sites excluding steroid dienone is 1. The summed E-state index contributed by atoms with van der Waals surface area (Å²) in [5.41, 5.74) is 0. The maximum atomic E-state index is 11.9. The first kappa shape index (κ1) is 38.2. The van der Waals surface area contributed by atoms with Crippen LogP contribution in [0.15, 0.2) is 12.2 Å². The van der Waals surface area contributed by atoms with E-state index >= 15 is 0 Å². The Labute approximate surface area is 245 Å². The second-order valence-electron chi connectivity index (χ2n) is 12.0. The van der Waals surface area contributed by atoms with Crippen LogP contribution in [0.1, 0.15) is 200 Å². The summed E-state index contributed by atoms with van der Waals surface area (Å²) >= 11 is 0. The number of aliphatic hydroxyl groups excluding tert-OH is 1. The van der Waals surface area contributed by atoms with E-state index in [-0.39, 0.29) is 12.1 Å². The molecule has 1 atom stereocenters. The fourth-order valence-electron chi connectivity index (χ4n) is 5.27. The monoisotopic (exact) mass is 551 g/mol. The van der Waals surface area contributed by atoms with Crippen LogP contribution < -0.4 is 0 Å². The minimum Gasteiger partial charge on any atom is -0.466 e. The van der Waals surface area contributed by atoms with Gasteiger partial charge in [0, 0.05) is 6.42 Å². The number of hydrogen-bond acceptors (Lipinski definition) is 3. The number of aliphatic hydroxyl groups is 1. The molecule has 0 aromatic carbocycles. The molecule has 3 heteroatoms. The molecule has 0 aliphatic carbocycles. The molecule has 0 heterocycles. The summed E-state index contributed by atoms with van der Waals surface area (Å²) in [5.74, 6) is -0.00727. The molecule has 232 valence electrons. The second-order valence-corrected chi connectivity index (χ2v) is 12.0. The van der Waals surface area contributed by atoms with E-state index in [1.807, 2.05) is 0 Å². The highest BCUT2D eigenvalue weighted by Gasteiger charge is 2.03. The maximum Gasteiger partial charge on any atom is 0.305 e. The molecule has 0 rings (SSSR count).